The molecule has 0 aliphatic carbocycles. The first kappa shape index (κ1) is 22.2. The van der Waals surface area contributed by atoms with Crippen molar-refractivity contribution in [3.8, 4) is 0 Å². The zero-order chi connectivity index (χ0) is 18.5. The van der Waals surface area contributed by atoms with Crippen molar-refractivity contribution in [2.75, 3.05) is 6.61 Å². The maximum absolute atomic E-state index is 12.1. The minimum Gasteiger partial charge on any atom is -0.444 e. The fourth-order valence-corrected chi connectivity index (χ4v) is 2.87. The van der Waals surface area contributed by atoms with Crippen molar-refractivity contribution < 1.29 is 14.0 Å². The van der Waals surface area contributed by atoms with Crippen LogP contribution in [0, 0.1) is 0 Å². The Morgan fingerprint density at radius 2 is 1.70 bits per heavy atom. The van der Waals surface area contributed by atoms with Crippen LogP contribution >= 0.6 is 0 Å². The van der Waals surface area contributed by atoms with E-state index < -0.39 is 20.0 Å². The topological polar surface area (TPSA) is 47.6 Å². The Kier molecular flexibility index (Phi) is 8.04. The van der Waals surface area contributed by atoms with E-state index in [4.69, 9.17) is 9.16 Å². The van der Waals surface area contributed by atoms with Crippen LogP contribution in [0.4, 0.5) is 4.79 Å². The molecule has 1 atom stereocenters. The highest BCUT2D eigenvalue weighted by Gasteiger charge is 2.38. The summed E-state index contributed by atoms with van der Waals surface area (Å²) in [5.74, 6) is 0. The summed E-state index contributed by atoms with van der Waals surface area (Å²) >= 11 is 0. The van der Waals surface area contributed by atoms with Crippen LogP contribution in [0.15, 0.2) is 11.6 Å². The summed E-state index contributed by atoms with van der Waals surface area (Å²) in [7, 11) is -1.86. The van der Waals surface area contributed by atoms with Crippen molar-refractivity contribution in [2.45, 2.75) is 91.6 Å². The van der Waals surface area contributed by atoms with Gasteiger partial charge in [0.05, 0.1) is 12.6 Å². The second-order valence-corrected chi connectivity index (χ2v) is 13.3. The van der Waals surface area contributed by atoms with Gasteiger partial charge in [0.25, 0.3) is 0 Å². The molecule has 136 valence electrons. The number of carbonyl (C=O) groups excluding carboxylic acids is 1. The third-order valence-electron chi connectivity index (χ3n) is 4.33. The van der Waals surface area contributed by atoms with Gasteiger partial charge >= 0.3 is 6.09 Å². The van der Waals surface area contributed by atoms with E-state index in [0.29, 0.717) is 6.61 Å². The number of nitrogens with one attached hydrogen (secondary N) is 1. The minimum atomic E-state index is -1.86. The van der Waals surface area contributed by atoms with Crippen LogP contribution in [0.3, 0.4) is 0 Å². The zero-order valence-electron chi connectivity index (χ0n) is 16.8. The van der Waals surface area contributed by atoms with Crippen LogP contribution in [0.2, 0.25) is 18.1 Å². The number of allylic oxidation sites excluding steroid dienone is 1. The number of rotatable bonds is 6. The largest absolute Gasteiger partial charge is 0.444 e. The SMILES string of the molecule is C/C=C(\CC)[C@@H](CO[Si](C)(C)C(C)(C)C)NC(=O)OC(C)(C)C. The Morgan fingerprint density at radius 3 is 2.04 bits per heavy atom. The highest BCUT2D eigenvalue weighted by molar-refractivity contribution is 6.74. The monoisotopic (exact) mass is 343 g/mol. The van der Waals surface area contributed by atoms with Gasteiger partial charge in [-0.15, -0.1) is 0 Å². The zero-order valence-corrected chi connectivity index (χ0v) is 17.8. The van der Waals surface area contributed by atoms with Crippen LogP contribution in [-0.2, 0) is 9.16 Å². The molecule has 0 unspecified atom stereocenters. The summed E-state index contributed by atoms with van der Waals surface area (Å²) in [5.41, 5.74) is 0.659. The van der Waals surface area contributed by atoms with Gasteiger partial charge in [0.15, 0.2) is 8.32 Å². The Labute approximate surface area is 144 Å². The fraction of sp³-hybridized carbons (Fsp3) is 0.833. The molecule has 4 nitrogen and oxygen atoms in total. The maximum atomic E-state index is 12.1. The van der Waals surface area contributed by atoms with Crippen LogP contribution < -0.4 is 5.32 Å². The molecule has 0 radical (unpaired) electrons. The van der Waals surface area contributed by atoms with E-state index in [1.807, 2.05) is 27.7 Å². The Hall–Kier alpha value is -0.813. The average molecular weight is 344 g/mol. The second-order valence-electron chi connectivity index (χ2n) is 8.49. The van der Waals surface area contributed by atoms with Gasteiger partial charge in [0, 0.05) is 0 Å². The van der Waals surface area contributed by atoms with Gasteiger partial charge in [0.1, 0.15) is 5.60 Å². The number of alkyl carbamates (subject to hydrolysis) is 1. The first-order chi connectivity index (χ1) is 10.2. The molecule has 23 heavy (non-hydrogen) atoms. The maximum Gasteiger partial charge on any atom is 0.408 e. The summed E-state index contributed by atoms with van der Waals surface area (Å²) in [4.78, 5) is 12.1. The predicted molar refractivity (Wildman–Crippen MR) is 100 cm³/mol. The molecule has 0 aliphatic rings. The first-order valence-corrected chi connectivity index (χ1v) is 11.4. The van der Waals surface area contributed by atoms with Crippen LogP contribution in [-0.4, -0.2) is 32.7 Å². The van der Waals surface area contributed by atoms with Crippen LogP contribution in [0.5, 0.6) is 0 Å². The van der Waals surface area contributed by atoms with Crippen molar-refractivity contribution in [3.05, 3.63) is 11.6 Å². The number of amides is 1. The molecule has 0 aliphatic heterocycles. The Balaban J connectivity index is 5.02. The Morgan fingerprint density at radius 1 is 1.17 bits per heavy atom. The number of hydrogen-bond acceptors (Lipinski definition) is 3. The van der Waals surface area contributed by atoms with Crippen molar-refractivity contribution in [2.24, 2.45) is 0 Å². The molecule has 0 aromatic carbocycles. The first-order valence-electron chi connectivity index (χ1n) is 8.52. The third-order valence-corrected chi connectivity index (χ3v) is 8.84. The summed E-state index contributed by atoms with van der Waals surface area (Å²) < 4.78 is 11.7. The molecule has 0 aromatic heterocycles. The summed E-state index contributed by atoms with van der Waals surface area (Å²) in [6.45, 7) is 21.3. The van der Waals surface area contributed by atoms with Gasteiger partial charge in [-0.1, -0.05) is 39.3 Å². The van der Waals surface area contributed by atoms with E-state index in [1.165, 1.54) is 0 Å². The molecule has 0 rings (SSSR count). The molecule has 0 bridgehead atoms. The highest BCUT2D eigenvalue weighted by atomic mass is 28.4. The molecule has 5 heteroatoms. The number of carbonyl (C=O) groups is 1. The van der Waals surface area contributed by atoms with E-state index in [-0.39, 0.29) is 11.1 Å². The molecule has 0 aromatic rings. The van der Waals surface area contributed by atoms with Gasteiger partial charge < -0.3 is 14.5 Å². The van der Waals surface area contributed by atoms with E-state index in [9.17, 15) is 4.79 Å². The fourth-order valence-electron chi connectivity index (χ4n) is 1.85. The van der Waals surface area contributed by atoms with Crippen LogP contribution in [0.1, 0.15) is 61.8 Å². The normalized spacial score (nSPS) is 15.3. The van der Waals surface area contributed by atoms with Crippen molar-refractivity contribution in [3.63, 3.8) is 0 Å². The lowest BCUT2D eigenvalue weighted by atomic mass is 10.1. The molecule has 1 amide bonds. The highest BCUT2D eigenvalue weighted by Crippen LogP contribution is 2.36. The summed E-state index contributed by atoms with van der Waals surface area (Å²) in [6.07, 6.45) is 2.53. The molecule has 0 saturated carbocycles. The van der Waals surface area contributed by atoms with Gasteiger partial charge in [-0.3, -0.25) is 0 Å². The molecule has 0 heterocycles. The quantitative estimate of drug-likeness (QED) is 0.529. The molecule has 0 fully saturated rings. The lowest BCUT2D eigenvalue weighted by molar-refractivity contribution is 0.0495. The molecule has 1 N–H and O–H groups in total. The molecule has 0 saturated heterocycles. The Bertz CT molecular complexity index is 417. The van der Waals surface area contributed by atoms with Gasteiger partial charge in [-0.25, -0.2) is 4.79 Å². The van der Waals surface area contributed by atoms with Crippen molar-refractivity contribution in [1.29, 1.82) is 0 Å². The van der Waals surface area contributed by atoms with Crippen LogP contribution in [0.25, 0.3) is 0 Å². The molecule has 0 spiro atoms. The number of hydrogen-bond donors (Lipinski definition) is 1. The van der Waals surface area contributed by atoms with E-state index in [2.05, 4.69) is 52.2 Å². The summed E-state index contributed by atoms with van der Waals surface area (Å²) in [6, 6.07) is -0.144. The summed E-state index contributed by atoms with van der Waals surface area (Å²) in [5, 5.41) is 3.11. The van der Waals surface area contributed by atoms with Crippen molar-refractivity contribution >= 4 is 14.4 Å². The predicted octanol–water partition coefficient (Wildman–Crippen LogP) is 5.26. The van der Waals surface area contributed by atoms with E-state index in [0.717, 1.165) is 12.0 Å². The smallest absolute Gasteiger partial charge is 0.408 e. The van der Waals surface area contributed by atoms with Gasteiger partial charge in [-0.05, 0) is 52.2 Å². The van der Waals surface area contributed by atoms with Gasteiger partial charge in [-0.2, -0.15) is 0 Å². The van der Waals surface area contributed by atoms with E-state index in [1.54, 1.807) is 0 Å². The minimum absolute atomic E-state index is 0.144. The van der Waals surface area contributed by atoms with Gasteiger partial charge in [0.2, 0.25) is 0 Å². The molecular weight excluding hydrogens is 306 g/mol. The lowest BCUT2D eigenvalue weighted by Crippen LogP contribution is -2.47. The second kappa shape index (κ2) is 8.33. The molecular formula is C18H37NO3Si. The lowest BCUT2D eigenvalue weighted by Gasteiger charge is -2.37. The average Bonchev–Trinajstić information content (AvgIpc) is 2.33. The third kappa shape index (κ3) is 8.02. The number of ether oxygens (including phenoxy) is 1. The standard InChI is InChI=1S/C18H37NO3Si/c1-11-14(12-2)15(19-16(20)22-17(3,4)5)13-21-23(9,10)18(6,7)8/h11,15H,12-13H2,1-10H3,(H,19,20)/b14-11+/t15-/m1/s1. The van der Waals surface area contributed by atoms with E-state index >= 15 is 0 Å². The van der Waals surface area contributed by atoms with Crippen molar-refractivity contribution in [1.82, 2.24) is 5.32 Å².